The van der Waals surface area contributed by atoms with E-state index in [-0.39, 0.29) is 0 Å². The Balaban J connectivity index is 1.65. The molecule has 0 fully saturated rings. The third kappa shape index (κ3) is 4.69. The molecule has 0 atom stereocenters. The van der Waals surface area contributed by atoms with Crippen LogP contribution in [0, 0.1) is 13.8 Å². The van der Waals surface area contributed by atoms with Gasteiger partial charge >= 0.3 is 0 Å². The van der Waals surface area contributed by atoms with Crippen molar-refractivity contribution in [3.05, 3.63) is 58.4 Å². The molecule has 0 unspecified atom stereocenters. The molecule has 0 bridgehead atoms. The fourth-order valence-electron chi connectivity index (χ4n) is 2.90. The van der Waals surface area contributed by atoms with E-state index in [4.69, 9.17) is 0 Å². The fraction of sp³-hybridized carbons (Fsp3) is 0.350. The Kier molecular flexibility index (Phi) is 6.30. The van der Waals surface area contributed by atoms with Crippen LogP contribution >= 0.6 is 11.3 Å². The monoisotopic (exact) mass is 397 g/mol. The van der Waals surface area contributed by atoms with Gasteiger partial charge in [-0.05, 0) is 31.5 Å². The molecule has 0 amide bonds. The summed E-state index contributed by atoms with van der Waals surface area (Å²) in [6, 6.07) is 10.4. The van der Waals surface area contributed by atoms with Crippen LogP contribution in [0.4, 0.5) is 5.13 Å². The molecule has 8 heteroatoms. The van der Waals surface area contributed by atoms with Crippen LogP contribution in [0.2, 0.25) is 0 Å². The molecule has 0 spiro atoms. The zero-order valence-electron chi connectivity index (χ0n) is 17.0. The Morgan fingerprint density at radius 3 is 2.57 bits per heavy atom. The van der Waals surface area contributed by atoms with Crippen LogP contribution < -0.4 is 15.5 Å². The molecule has 1 aromatic carbocycles. The summed E-state index contributed by atoms with van der Waals surface area (Å²) in [6.07, 6.45) is 0. The van der Waals surface area contributed by atoms with Crippen LogP contribution in [0.3, 0.4) is 0 Å². The Morgan fingerprint density at radius 1 is 1.18 bits per heavy atom. The zero-order valence-corrected chi connectivity index (χ0v) is 17.8. The van der Waals surface area contributed by atoms with E-state index in [1.165, 1.54) is 0 Å². The second-order valence-electron chi connectivity index (χ2n) is 6.76. The molecule has 0 aliphatic rings. The largest absolute Gasteiger partial charge is 0.354 e. The first-order valence-corrected chi connectivity index (χ1v) is 10.0. The van der Waals surface area contributed by atoms with E-state index in [2.05, 4.69) is 56.2 Å². The zero-order chi connectivity index (χ0) is 20.1. The summed E-state index contributed by atoms with van der Waals surface area (Å²) in [5.74, 6) is 0.738. The van der Waals surface area contributed by atoms with E-state index in [9.17, 15) is 0 Å². The van der Waals surface area contributed by atoms with Gasteiger partial charge in [0.05, 0.1) is 23.6 Å². The number of anilines is 1. The lowest BCUT2D eigenvalue weighted by Gasteiger charge is -2.14. The predicted octanol–water partition coefficient (Wildman–Crippen LogP) is 2.88. The average Bonchev–Trinajstić information content (AvgIpc) is 3.28. The lowest BCUT2D eigenvalue weighted by Crippen LogP contribution is -2.36. The van der Waals surface area contributed by atoms with Crippen LogP contribution in [0.15, 0.2) is 40.7 Å². The van der Waals surface area contributed by atoms with Crippen LogP contribution in [0.5, 0.6) is 0 Å². The lowest BCUT2D eigenvalue weighted by molar-refractivity contribution is 0.776. The smallest absolute Gasteiger partial charge is 0.191 e. The van der Waals surface area contributed by atoms with Gasteiger partial charge in [-0.25, -0.2) is 9.67 Å². The molecule has 0 saturated heterocycles. The third-order valence-corrected chi connectivity index (χ3v) is 5.32. The summed E-state index contributed by atoms with van der Waals surface area (Å²) in [5, 5.41) is 14.4. The highest BCUT2D eigenvalue weighted by Crippen LogP contribution is 2.18. The average molecular weight is 398 g/mol. The lowest BCUT2D eigenvalue weighted by atomic mass is 10.1. The second kappa shape index (κ2) is 8.88. The van der Waals surface area contributed by atoms with Gasteiger partial charge in [-0.3, -0.25) is 4.99 Å². The van der Waals surface area contributed by atoms with Gasteiger partial charge in [0.1, 0.15) is 0 Å². The topological polar surface area (TPSA) is 70.4 Å². The molecule has 0 radical (unpaired) electrons. The Labute approximate surface area is 170 Å². The number of nitrogens with one attached hydrogen (secondary N) is 2. The minimum Gasteiger partial charge on any atom is -0.354 e. The molecule has 0 saturated carbocycles. The number of hydrogen-bond donors (Lipinski definition) is 2. The molecular formula is C20H27N7S. The number of rotatable bonds is 6. The van der Waals surface area contributed by atoms with Gasteiger partial charge in [-0.2, -0.15) is 5.10 Å². The van der Waals surface area contributed by atoms with Gasteiger partial charge in [0.25, 0.3) is 0 Å². The highest BCUT2D eigenvalue weighted by atomic mass is 32.1. The summed E-state index contributed by atoms with van der Waals surface area (Å²) in [4.78, 5) is 10.9. The van der Waals surface area contributed by atoms with Gasteiger partial charge in [-0.15, -0.1) is 11.3 Å². The molecule has 28 heavy (non-hydrogen) atoms. The molecule has 2 N–H and O–H groups in total. The van der Waals surface area contributed by atoms with E-state index in [0.29, 0.717) is 13.1 Å². The van der Waals surface area contributed by atoms with Crippen molar-refractivity contribution in [2.24, 2.45) is 4.99 Å². The summed E-state index contributed by atoms with van der Waals surface area (Å²) >= 11 is 1.63. The molecular weight excluding hydrogens is 370 g/mol. The first kappa shape index (κ1) is 19.9. The fourth-order valence-corrected chi connectivity index (χ4v) is 3.65. The highest BCUT2D eigenvalue weighted by molar-refractivity contribution is 7.13. The molecule has 3 rings (SSSR count). The van der Waals surface area contributed by atoms with Crippen molar-refractivity contribution in [1.29, 1.82) is 0 Å². The summed E-state index contributed by atoms with van der Waals surface area (Å²) < 4.78 is 1.99. The van der Waals surface area contributed by atoms with E-state index < -0.39 is 0 Å². The molecule has 2 aromatic heterocycles. The van der Waals surface area contributed by atoms with Crippen molar-refractivity contribution in [3.8, 4) is 5.69 Å². The quantitative estimate of drug-likeness (QED) is 0.494. The number of benzene rings is 1. The molecule has 0 aliphatic heterocycles. The maximum absolute atomic E-state index is 4.61. The van der Waals surface area contributed by atoms with Crippen molar-refractivity contribution in [3.63, 3.8) is 0 Å². The van der Waals surface area contributed by atoms with Gasteiger partial charge in [0, 0.05) is 38.8 Å². The van der Waals surface area contributed by atoms with Crippen LogP contribution in [-0.4, -0.2) is 41.9 Å². The molecule has 3 aromatic rings. The van der Waals surface area contributed by atoms with E-state index >= 15 is 0 Å². The number of aliphatic imine (C=N–C) groups is 1. The van der Waals surface area contributed by atoms with Gasteiger partial charge in [-0.1, -0.05) is 18.2 Å². The Morgan fingerprint density at radius 2 is 1.93 bits per heavy atom. The Hall–Kier alpha value is -2.87. The van der Waals surface area contributed by atoms with E-state index in [0.717, 1.165) is 39.4 Å². The number of aryl methyl sites for hydroxylation is 2. The maximum Gasteiger partial charge on any atom is 0.191 e. The molecule has 2 heterocycles. The number of guanidine groups is 1. The van der Waals surface area contributed by atoms with Crippen LogP contribution in [0.1, 0.15) is 22.6 Å². The van der Waals surface area contributed by atoms with Crippen molar-refractivity contribution >= 4 is 22.4 Å². The van der Waals surface area contributed by atoms with Gasteiger partial charge < -0.3 is 15.5 Å². The third-order valence-electron chi connectivity index (χ3n) is 4.26. The summed E-state index contributed by atoms with van der Waals surface area (Å²) in [7, 11) is 5.77. The normalized spacial score (nSPS) is 11.5. The summed E-state index contributed by atoms with van der Waals surface area (Å²) in [6.45, 7) is 5.36. The van der Waals surface area contributed by atoms with Gasteiger partial charge in [0.15, 0.2) is 11.1 Å². The van der Waals surface area contributed by atoms with E-state index in [1.807, 2.05) is 42.7 Å². The Bertz CT molecular complexity index is 955. The maximum atomic E-state index is 4.61. The minimum absolute atomic E-state index is 0.628. The first-order chi connectivity index (χ1) is 13.5. The number of nitrogens with zero attached hydrogens (tertiary/aromatic N) is 5. The predicted molar refractivity (Wildman–Crippen MR) is 117 cm³/mol. The number of hydrogen-bond acceptors (Lipinski definition) is 5. The number of aromatic nitrogens is 3. The second-order valence-corrected chi connectivity index (χ2v) is 7.60. The van der Waals surface area contributed by atoms with Crippen molar-refractivity contribution < 1.29 is 0 Å². The summed E-state index contributed by atoms with van der Waals surface area (Å²) in [5.41, 5.74) is 5.36. The number of para-hydroxylation sites is 1. The highest BCUT2D eigenvalue weighted by Gasteiger charge is 2.10. The van der Waals surface area contributed by atoms with Crippen molar-refractivity contribution in [1.82, 2.24) is 25.4 Å². The minimum atomic E-state index is 0.628. The standard InChI is InChI=1S/C20H27N7S/c1-14-10-15(2)27(25-14)18-9-7-6-8-16(18)11-22-19(21-3)23-12-17-13-28-20(24-17)26(4)5/h6-10,13H,11-12H2,1-5H3,(H2,21,22,23). The molecule has 7 nitrogen and oxygen atoms in total. The van der Waals surface area contributed by atoms with Crippen molar-refractivity contribution in [2.45, 2.75) is 26.9 Å². The molecule has 148 valence electrons. The van der Waals surface area contributed by atoms with Gasteiger partial charge in [0.2, 0.25) is 0 Å². The first-order valence-electron chi connectivity index (χ1n) is 9.15. The van der Waals surface area contributed by atoms with Crippen LogP contribution in [0.25, 0.3) is 5.69 Å². The van der Waals surface area contributed by atoms with E-state index in [1.54, 1.807) is 18.4 Å². The van der Waals surface area contributed by atoms with Crippen LogP contribution in [-0.2, 0) is 13.1 Å². The molecule has 0 aliphatic carbocycles. The SMILES string of the molecule is CN=C(NCc1csc(N(C)C)n1)NCc1ccccc1-n1nc(C)cc1C. The van der Waals surface area contributed by atoms with Crippen molar-refractivity contribution in [2.75, 3.05) is 26.0 Å². The number of thiazole rings is 1.